The lowest BCUT2D eigenvalue weighted by atomic mass is 10.2. The van der Waals surface area contributed by atoms with Crippen LogP contribution in [-0.4, -0.2) is 66.8 Å². The van der Waals surface area contributed by atoms with E-state index in [2.05, 4.69) is 9.88 Å². The molecule has 0 unspecified atom stereocenters. The van der Waals surface area contributed by atoms with Gasteiger partial charge in [0.2, 0.25) is 0 Å². The number of aromatic nitrogens is 1. The van der Waals surface area contributed by atoms with Gasteiger partial charge in [0, 0.05) is 31.1 Å². The van der Waals surface area contributed by atoms with Gasteiger partial charge in [-0.25, -0.2) is 9.78 Å². The van der Waals surface area contributed by atoms with Crippen LogP contribution >= 0.6 is 11.3 Å². The highest BCUT2D eigenvalue weighted by atomic mass is 32.1. The summed E-state index contributed by atoms with van der Waals surface area (Å²) >= 11 is 1.61. The number of carbonyl (C=O) groups excluding carboxylic acids is 2. The number of hydrogen-bond acceptors (Lipinski definition) is 8. The first-order valence-corrected chi connectivity index (χ1v) is 10.4. The fourth-order valence-corrected chi connectivity index (χ4v) is 3.72. The molecular weight excluding hydrogens is 394 g/mol. The lowest BCUT2D eigenvalue weighted by molar-refractivity contribution is 0.0341. The van der Waals surface area contributed by atoms with Gasteiger partial charge in [0.15, 0.2) is 0 Å². The molecule has 1 aromatic heterocycles. The zero-order chi connectivity index (χ0) is 20.6. The summed E-state index contributed by atoms with van der Waals surface area (Å²) in [4.78, 5) is 32.6. The van der Waals surface area contributed by atoms with Crippen LogP contribution in [0.5, 0.6) is 5.75 Å². The van der Waals surface area contributed by atoms with Crippen molar-refractivity contribution in [2.24, 2.45) is 0 Å². The number of carbonyl (C=O) groups is 2. The minimum absolute atomic E-state index is 0.129. The molecule has 1 saturated heterocycles. The Bertz CT molecular complexity index is 818. The lowest BCUT2D eigenvalue weighted by Crippen LogP contribution is -2.35. The van der Waals surface area contributed by atoms with E-state index in [0.29, 0.717) is 17.9 Å². The molecule has 1 aromatic carbocycles. The molecule has 2 heterocycles. The third kappa shape index (κ3) is 6.25. The highest BCUT2D eigenvalue weighted by Gasteiger charge is 2.16. The Kier molecular flexibility index (Phi) is 7.56. The topological polar surface area (TPSA) is 81.2 Å². The maximum Gasteiger partial charge on any atom is 0.513 e. The normalized spacial score (nSPS) is 14.4. The molecular formula is C20H25N3O5S. The molecule has 0 saturated carbocycles. The van der Waals surface area contributed by atoms with Crippen molar-refractivity contribution < 1.29 is 23.8 Å². The van der Waals surface area contributed by atoms with Gasteiger partial charge in [0.05, 0.1) is 38.6 Å². The Morgan fingerprint density at radius 2 is 1.97 bits per heavy atom. The highest BCUT2D eigenvalue weighted by molar-refractivity contribution is 7.09. The van der Waals surface area contributed by atoms with Crippen LogP contribution < -0.4 is 4.74 Å². The molecule has 9 heteroatoms. The number of thiazole rings is 1. The number of rotatable bonds is 7. The molecule has 0 radical (unpaired) electrons. The summed E-state index contributed by atoms with van der Waals surface area (Å²) in [6, 6.07) is 6.39. The minimum Gasteiger partial charge on any atom is -0.434 e. The van der Waals surface area contributed by atoms with Gasteiger partial charge in [-0.05, 0) is 31.2 Å². The zero-order valence-electron chi connectivity index (χ0n) is 16.6. The summed E-state index contributed by atoms with van der Waals surface area (Å²) in [6.07, 6.45) is -0.764. The summed E-state index contributed by atoms with van der Waals surface area (Å²) in [6.45, 7) is 6.55. The van der Waals surface area contributed by atoms with Crippen molar-refractivity contribution in [3.63, 3.8) is 0 Å². The van der Waals surface area contributed by atoms with E-state index in [1.165, 1.54) is 0 Å². The smallest absolute Gasteiger partial charge is 0.434 e. The van der Waals surface area contributed by atoms with Crippen molar-refractivity contribution in [3.8, 4) is 5.75 Å². The molecule has 3 rings (SSSR count). The van der Waals surface area contributed by atoms with E-state index in [-0.39, 0.29) is 12.5 Å². The Hall–Kier alpha value is -2.49. The van der Waals surface area contributed by atoms with E-state index in [4.69, 9.17) is 14.2 Å². The van der Waals surface area contributed by atoms with Gasteiger partial charge in [-0.15, -0.1) is 11.3 Å². The van der Waals surface area contributed by atoms with Crippen molar-refractivity contribution in [1.82, 2.24) is 14.8 Å². The van der Waals surface area contributed by atoms with Crippen molar-refractivity contribution >= 4 is 23.4 Å². The zero-order valence-corrected chi connectivity index (χ0v) is 17.4. The molecule has 0 spiro atoms. The largest absolute Gasteiger partial charge is 0.513 e. The Morgan fingerprint density at radius 3 is 2.66 bits per heavy atom. The van der Waals surface area contributed by atoms with Gasteiger partial charge in [-0.1, -0.05) is 0 Å². The lowest BCUT2D eigenvalue weighted by Gasteiger charge is -2.25. The standard InChI is InChI=1S/C20H25N3O5S/c1-3-27-20(25)28-17-6-4-15(5-7-17)19(24)22(2)12-16-14-29-18(21-16)13-23-8-10-26-11-9-23/h4-7,14H,3,8-13H2,1-2H3. The highest BCUT2D eigenvalue weighted by Crippen LogP contribution is 2.17. The summed E-state index contributed by atoms with van der Waals surface area (Å²) in [5.74, 6) is 0.199. The van der Waals surface area contributed by atoms with Gasteiger partial charge >= 0.3 is 6.16 Å². The molecule has 8 nitrogen and oxygen atoms in total. The molecule has 1 fully saturated rings. The number of amides is 1. The summed E-state index contributed by atoms with van der Waals surface area (Å²) in [7, 11) is 1.74. The quantitative estimate of drug-likeness (QED) is 0.504. The predicted molar refractivity (Wildman–Crippen MR) is 108 cm³/mol. The minimum atomic E-state index is -0.764. The molecule has 0 atom stereocenters. The Morgan fingerprint density at radius 1 is 1.24 bits per heavy atom. The second-order valence-electron chi connectivity index (χ2n) is 6.59. The summed E-state index contributed by atoms with van der Waals surface area (Å²) in [5.41, 5.74) is 1.38. The van der Waals surface area contributed by atoms with E-state index in [0.717, 1.165) is 43.5 Å². The van der Waals surface area contributed by atoms with Crippen LogP contribution in [0.1, 0.15) is 28.0 Å². The molecule has 2 aromatic rings. The molecule has 0 N–H and O–H groups in total. The fourth-order valence-electron chi connectivity index (χ4n) is 2.89. The molecule has 156 valence electrons. The first-order chi connectivity index (χ1) is 14.0. The Balaban J connectivity index is 1.53. The molecule has 29 heavy (non-hydrogen) atoms. The fraction of sp³-hybridized carbons (Fsp3) is 0.450. The van der Waals surface area contributed by atoms with E-state index in [1.54, 1.807) is 54.5 Å². The number of hydrogen-bond donors (Lipinski definition) is 0. The van der Waals surface area contributed by atoms with Gasteiger partial charge in [-0.3, -0.25) is 9.69 Å². The average Bonchev–Trinajstić information content (AvgIpc) is 3.15. The number of morpholine rings is 1. The summed E-state index contributed by atoms with van der Waals surface area (Å²) < 4.78 is 15.1. The van der Waals surface area contributed by atoms with Crippen molar-refractivity contribution in [2.45, 2.75) is 20.0 Å². The average molecular weight is 420 g/mol. The van der Waals surface area contributed by atoms with E-state index >= 15 is 0 Å². The molecule has 0 aliphatic carbocycles. The second-order valence-corrected chi connectivity index (χ2v) is 7.53. The first-order valence-electron chi connectivity index (χ1n) is 9.48. The monoisotopic (exact) mass is 419 g/mol. The van der Waals surface area contributed by atoms with Gasteiger partial charge < -0.3 is 19.1 Å². The number of ether oxygens (including phenoxy) is 3. The molecule has 1 amide bonds. The van der Waals surface area contributed by atoms with Crippen molar-refractivity contribution in [2.75, 3.05) is 40.0 Å². The van der Waals surface area contributed by atoms with Crippen LogP contribution in [0.15, 0.2) is 29.6 Å². The van der Waals surface area contributed by atoms with Crippen molar-refractivity contribution in [3.05, 3.63) is 45.9 Å². The van der Waals surface area contributed by atoms with Gasteiger partial charge in [-0.2, -0.15) is 0 Å². The molecule has 1 aliphatic heterocycles. The van der Waals surface area contributed by atoms with E-state index in [9.17, 15) is 9.59 Å². The molecule has 1 aliphatic rings. The van der Waals surface area contributed by atoms with Crippen molar-refractivity contribution in [1.29, 1.82) is 0 Å². The Labute approximate surface area is 174 Å². The van der Waals surface area contributed by atoms with E-state index in [1.807, 2.05) is 5.38 Å². The van der Waals surface area contributed by atoms with Crippen LogP contribution in [0, 0.1) is 0 Å². The number of benzene rings is 1. The van der Waals surface area contributed by atoms with Crippen LogP contribution in [0.2, 0.25) is 0 Å². The van der Waals surface area contributed by atoms with Crippen LogP contribution in [0.4, 0.5) is 4.79 Å². The third-order valence-corrected chi connectivity index (χ3v) is 5.25. The van der Waals surface area contributed by atoms with Gasteiger partial charge in [0.1, 0.15) is 10.8 Å². The first kappa shape index (κ1) is 21.2. The van der Waals surface area contributed by atoms with Crippen LogP contribution in [0.3, 0.4) is 0 Å². The molecule has 0 bridgehead atoms. The number of nitrogens with zero attached hydrogens (tertiary/aromatic N) is 3. The summed E-state index contributed by atoms with van der Waals surface area (Å²) in [5, 5.41) is 3.04. The van der Waals surface area contributed by atoms with Gasteiger partial charge in [0.25, 0.3) is 5.91 Å². The maximum atomic E-state index is 12.7. The van der Waals surface area contributed by atoms with Crippen LogP contribution in [-0.2, 0) is 22.6 Å². The maximum absolute atomic E-state index is 12.7. The third-order valence-electron chi connectivity index (χ3n) is 4.37. The van der Waals surface area contributed by atoms with E-state index < -0.39 is 6.16 Å². The predicted octanol–water partition coefficient (Wildman–Crippen LogP) is 2.78. The van der Waals surface area contributed by atoms with Crippen LogP contribution in [0.25, 0.3) is 0 Å². The SMILES string of the molecule is CCOC(=O)Oc1ccc(C(=O)N(C)Cc2csc(CN3CCOCC3)n2)cc1. The second kappa shape index (κ2) is 10.3.